The Hall–Kier alpha value is -3.67. The molecule has 1 N–H and O–H groups in total. The van der Waals surface area contributed by atoms with E-state index in [9.17, 15) is 13.8 Å². The quantitative estimate of drug-likeness (QED) is 0.294. The number of benzene rings is 2. The van der Waals surface area contributed by atoms with Crippen LogP contribution in [0.25, 0.3) is 0 Å². The Morgan fingerprint density at radius 3 is 2.78 bits per heavy atom. The molecular formula is C37H46ClN5O5S. The number of carbonyl (C=O) groups excluding carboxylic acids is 2. The fourth-order valence-electron chi connectivity index (χ4n) is 6.99. The number of nitrogens with zero attached hydrogens (tertiary/aromatic N) is 4. The third-order valence-corrected chi connectivity index (χ3v) is 12.0. The van der Waals surface area contributed by atoms with E-state index in [0.29, 0.717) is 60.7 Å². The van der Waals surface area contributed by atoms with Gasteiger partial charge in [-0.3, -0.25) is 19.0 Å². The van der Waals surface area contributed by atoms with Gasteiger partial charge >= 0.3 is 0 Å². The first-order valence-electron chi connectivity index (χ1n) is 17.3. The number of methoxy groups -OCH3 is 1. The molecule has 262 valence electrons. The van der Waals surface area contributed by atoms with Crippen molar-refractivity contribution in [2.75, 3.05) is 30.9 Å². The lowest BCUT2D eigenvalue weighted by Gasteiger charge is -2.43. The van der Waals surface area contributed by atoms with E-state index in [1.165, 1.54) is 11.1 Å². The third-order valence-electron chi connectivity index (χ3n) is 9.90. The highest BCUT2D eigenvalue weighted by molar-refractivity contribution is 7.92. The van der Waals surface area contributed by atoms with E-state index in [-0.39, 0.29) is 18.3 Å². The lowest BCUT2D eigenvalue weighted by Crippen LogP contribution is -2.43. The Bertz CT molecular complexity index is 1820. The van der Waals surface area contributed by atoms with Crippen molar-refractivity contribution < 1.29 is 23.3 Å². The highest BCUT2D eigenvalue weighted by Gasteiger charge is 2.38. The van der Waals surface area contributed by atoms with Crippen LogP contribution in [-0.4, -0.2) is 57.9 Å². The SMILES string of the molecule is CO[C@H]1/C=C/CCCS(=O)(NC(=O)CCn2nccc2C)=NC(=O)c2ccc3c(c2)N(Cc2ccc(Cl)cc2CCCCO3)C[C@@H]2CC[C@H]21. The van der Waals surface area contributed by atoms with Crippen molar-refractivity contribution in [1.82, 2.24) is 14.5 Å². The van der Waals surface area contributed by atoms with Crippen LogP contribution in [0.15, 0.2) is 65.2 Å². The number of halogens is 1. The largest absolute Gasteiger partial charge is 0.491 e. The number of carbonyl (C=O) groups is 2. The van der Waals surface area contributed by atoms with Crippen LogP contribution in [0.4, 0.5) is 5.69 Å². The zero-order valence-electron chi connectivity index (χ0n) is 28.3. The number of anilines is 1. The smallest absolute Gasteiger partial charge is 0.286 e. The summed E-state index contributed by atoms with van der Waals surface area (Å²) in [6.07, 6.45) is 11.8. The predicted octanol–water partition coefficient (Wildman–Crippen LogP) is 6.69. The van der Waals surface area contributed by atoms with E-state index in [1.54, 1.807) is 24.1 Å². The van der Waals surface area contributed by atoms with Gasteiger partial charge in [0.25, 0.3) is 5.91 Å². The number of hydrogen-bond acceptors (Lipinski definition) is 7. The summed E-state index contributed by atoms with van der Waals surface area (Å²) < 4.78 is 35.2. The second-order valence-corrected chi connectivity index (χ2v) is 15.8. The van der Waals surface area contributed by atoms with Crippen molar-refractivity contribution >= 4 is 39.0 Å². The minimum atomic E-state index is -3.43. The van der Waals surface area contributed by atoms with Gasteiger partial charge in [-0.2, -0.15) is 5.10 Å². The van der Waals surface area contributed by atoms with Gasteiger partial charge in [0.1, 0.15) is 15.7 Å². The minimum absolute atomic E-state index is 0.0405. The summed E-state index contributed by atoms with van der Waals surface area (Å²) in [7, 11) is -1.67. The molecule has 12 heteroatoms. The van der Waals surface area contributed by atoms with Gasteiger partial charge < -0.3 is 14.4 Å². The number of aromatic nitrogens is 2. The number of ether oxygens (including phenoxy) is 2. The van der Waals surface area contributed by atoms with E-state index in [4.69, 9.17) is 21.1 Å². The molecule has 2 aliphatic heterocycles. The maximum Gasteiger partial charge on any atom is 0.286 e. The molecule has 3 aromatic rings. The summed E-state index contributed by atoms with van der Waals surface area (Å²) in [4.78, 5) is 29.2. The molecule has 1 aliphatic carbocycles. The highest BCUT2D eigenvalue weighted by atomic mass is 35.5. The summed E-state index contributed by atoms with van der Waals surface area (Å²) in [6, 6.07) is 13.3. The summed E-state index contributed by atoms with van der Waals surface area (Å²) in [5.74, 6) is 0.358. The number of fused-ring (bicyclic) bond motifs is 3. The molecule has 4 atom stereocenters. The van der Waals surface area contributed by atoms with Crippen molar-refractivity contribution in [3.05, 3.63) is 88.2 Å². The number of amides is 2. The topological polar surface area (TPSA) is 115 Å². The van der Waals surface area contributed by atoms with Gasteiger partial charge in [0, 0.05) is 55.6 Å². The van der Waals surface area contributed by atoms with Crippen molar-refractivity contribution in [3.8, 4) is 5.75 Å². The third kappa shape index (κ3) is 8.74. The van der Waals surface area contributed by atoms with Gasteiger partial charge in [-0.15, -0.1) is 4.36 Å². The zero-order valence-corrected chi connectivity index (χ0v) is 29.9. The second-order valence-electron chi connectivity index (χ2n) is 13.3. The normalized spacial score (nSPS) is 25.3. The van der Waals surface area contributed by atoms with Crippen LogP contribution in [0, 0.1) is 18.8 Å². The van der Waals surface area contributed by atoms with Crippen molar-refractivity contribution in [2.45, 2.75) is 77.5 Å². The Balaban J connectivity index is 1.38. The van der Waals surface area contributed by atoms with Gasteiger partial charge in [0.2, 0.25) is 5.91 Å². The van der Waals surface area contributed by atoms with E-state index in [1.807, 2.05) is 31.2 Å². The Kier molecular flexibility index (Phi) is 11.4. The average Bonchev–Trinajstić information content (AvgIpc) is 3.47. The molecule has 2 aromatic carbocycles. The van der Waals surface area contributed by atoms with E-state index in [2.05, 4.69) is 43.4 Å². The van der Waals surface area contributed by atoms with E-state index < -0.39 is 21.7 Å². The predicted molar refractivity (Wildman–Crippen MR) is 192 cm³/mol. The molecule has 1 fully saturated rings. The van der Waals surface area contributed by atoms with Crippen LogP contribution in [-0.2, 0) is 39.0 Å². The first kappa shape index (κ1) is 35.2. The summed E-state index contributed by atoms with van der Waals surface area (Å²) >= 11 is 6.45. The molecule has 1 unspecified atom stereocenters. The molecule has 3 heterocycles. The first-order chi connectivity index (χ1) is 23.7. The zero-order chi connectivity index (χ0) is 34.4. The average molecular weight is 708 g/mol. The fraction of sp³-hybridized carbons (Fsp3) is 0.486. The van der Waals surface area contributed by atoms with Gasteiger partial charge in [0.05, 0.1) is 24.2 Å². The fourth-order valence-corrected chi connectivity index (χ4v) is 8.81. The van der Waals surface area contributed by atoms with Crippen molar-refractivity contribution in [3.63, 3.8) is 0 Å². The monoisotopic (exact) mass is 707 g/mol. The van der Waals surface area contributed by atoms with Crippen LogP contribution in [0.5, 0.6) is 5.75 Å². The number of allylic oxidation sites excluding steroid dienone is 1. The Morgan fingerprint density at radius 1 is 1.12 bits per heavy atom. The Morgan fingerprint density at radius 2 is 2.00 bits per heavy atom. The number of nitrogens with one attached hydrogen (secondary N) is 1. The molecule has 0 saturated heterocycles. The molecule has 0 spiro atoms. The minimum Gasteiger partial charge on any atom is -0.491 e. The van der Waals surface area contributed by atoms with E-state index in [0.717, 1.165) is 50.0 Å². The Labute approximate surface area is 294 Å². The molecule has 6 rings (SSSR count). The maximum absolute atomic E-state index is 14.2. The standard InChI is InChI=1S/C37H46ClN5O5S/c1-26-16-18-39-43(26)19-17-36(44)40-49(46)21-7-3-4-9-34(47-2)32-14-11-30(32)25-42-24-29-10-13-31(38)22-27(29)8-5-6-20-48-35-15-12-28(23-33(35)42)37(45)41-49/h4,9-10,12-13,15-16,18,22-23,30,32,34H,3,5-8,11,14,17,19-21,24-25H2,1-2H3,(H,40,41,44,45,46)/b9-4+/t30-,32+,34-,49?/m0/s1. The molecular weight excluding hydrogens is 662 g/mol. The molecule has 3 aliphatic rings. The summed E-state index contributed by atoms with van der Waals surface area (Å²) in [5, 5.41) is 4.94. The first-order valence-corrected chi connectivity index (χ1v) is 19.3. The van der Waals surface area contributed by atoms with Gasteiger partial charge in [0.15, 0.2) is 0 Å². The number of hydrogen-bond donors (Lipinski definition) is 1. The van der Waals surface area contributed by atoms with Crippen LogP contribution in [0.2, 0.25) is 5.02 Å². The van der Waals surface area contributed by atoms with E-state index >= 15 is 0 Å². The second kappa shape index (κ2) is 15.9. The number of aryl methyl sites for hydroxylation is 3. The molecule has 2 bridgehead atoms. The molecule has 2 amide bonds. The number of rotatable bonds is 5. The molecule has 49 heavy (non-hydrogen) atoms. The summed E-state index contributed by atoms with van der Waals surface area (Å²) in [6.45, 7) is 4.12. The van der Waals surface area contributed by atoms with Gasteiger partial charge in [-0.05, 0) is 111 Å². The van der Waals surface area contributed by atoms with Crippen LogP contribution in [0.3, 0.4) is 0 Å². The lowest BCUT2D eigenvalue weighted by molar-refractivity contribution is -0.119. The maximum atomic E-state index is 14.2. The van der Waals surface area contributed by atoms with Crippen LogP contribution >= 0.6 is 11.6 Å². The molecule has 1 saturated carbocycles. The van der Waals surface area contributed by atoms with Gasteiger partial charge in [-0.25, -0.2) is 4.21 Å². The highest BCUT2D eigenvalue weighted by Crippen LogP contribution is 2.42. The molecule has 0 radical (unpaired) electrons. The van der Waals surface area contributed by atoms with Crippen LogP contribution in [0.1, 0.15) is 72.1 Å². The van der Waals surface area contributed by atoms with Crippen LogP contribution < -0.4 is 14.4 Å². The van der Waals surface area contributed by atoms with Crippen molar-refractivity contribution in [1.29, 1.82) is 0 Å². The van der Waals surface area contributed by atoms with Crippen molar-refractivity contribution in [2.24, 2.45) is 16.2 Å². The van der Waals surface area contributed by atoms with Gasteiger partial charge in [-0.1, -0.05) is 29.8 Å². The molecule has 1 aromatic heterocycles. The lowest BCUT2D eigenvalue weighted by atomic mass is 9.70. The summed E-state index contributed by atoms with van der Waals surface area (Å²) in [5.41, 5.74) is 4.40. The molecule has 10 nitrogen and oxygen atoms in total.